The molecule has 0 aliphatic carbocycles. The van der Waals surface area contributed by atoms with Gasteiger partial charge in [0.15, 0.2) is 0 Å². The van der Waals surface area contributed by atoms with Gasteiger partial charge in [-0.3, -0.25) is 0 Å². The van der Waals surface area contributed by atoms with E-state index in [9.17, 15) is 0 Å². The van der Waals surface area contributed by atoms with Gasteiger partial charge in [0.05, 0.1) is 6.61 Å². The minimum absolute atomic E-state index is 0.0440. The fraction of sp³-hybridized carbons (Fsp3) is 0.500. The molecule has 0 rings (SSSR count). The van der Waals surface area contributed by atoms with Crippen LogP contribution in [0.25, 0.3) is 0 Å². The molecule has 3 N–H and O–H groups in total. The van der Waals surface area contributed by atoms with Crippen LogP contribution >= 0.6 is 0 Å². The second kappa shape index (κ2) is 2.72. The van der Waals surface area contributed by atoms with Gasteiger partial charge in [-0.05, 0) is 13.0 Å². The second-order valence-electron chi connectivity index (χ2n) is 1.13. The molecular weight excluding hydrogens is 78.0 g/mol. The lowest BCUT2D eigenvalue weighted by Gasteiger charge is -1.81. The summed E-state index contributed by atoms with van der Waals surface area (Å²) in [5.41, 5.74) is 5.77. The molecule has 0 amide bonds. The third kappa shape index (κ3) is 3.50. The van der Waals surface area contributed by atoms with E-state index in [4.69, 9.17) is 10.8 Å². The van der Waals surface area contributed by atoms with Crippen LogP contribution < -0.4 is 5.73 Å². The molecule has 36 valence electrons. The Bertz CT molecular complexity index is 54.6. The van der Waals surface area contributed by atoms with Crippen LogP contribution in [0.3, 0.4) is 0 Å². The summed E-state index contributed by atoms with van der Waals surface area (Å²) in [6.07, 6.45) is 1.54. The molecule has 0 aliphatic heterocycles. The zero-order chi connectivity index (χ0) is 4.99. The van der Waals surface area contributed by atoms with Crippen molar-refractivity contribution in [1.82, 2.24) is 0 Å². The van der Waals surface area contributed by atoms with Gasteiger partial charge >= 0.3 is 0 Å². The first kappa shape index (κ1) is 5.50. The largest absolute Gasteiger partial charge is 0.402 e. The molecule has 0 atom stereocenters. The maximum absolute atomic E-state index is 8.08. The predicted octanol–water partition coefficient (Wildman–Crippen LogP) is -0.159. The monoisotopic (exact) mass is 87.1 g/mol. The van der Waals surface area contributed by atoms with E-state index in [0.29, 0.717) is 5.70 Å². The van der Waals surface area contributed by atoms with E-state index in [2.05, 4.69) is 0 Å². The quantitative estimate of drug-likeness (QED) is 0.467. The number of aliphatic hydroxyl groups is 1. The molecule has 6 heavy (non-hydrogen) atoms. The van der Waals surface area contributed by atoms with E-state index < -0.39 is 0 Å². The van der Waals surface area contributed by atoms with Crippen LogP contribution in [0.2, 0.25) is 0 Å². The van der Waals surface area contributed by atoms with Crippen molar-refractivity contribution >= 4 is 0 Å². The fourth-order valence-corrected chi connectivity index (χ4v) is 0.144. The fourth-order valence-electron chi connectivity index (χ4n) is 0.144. The molecule has 0 saturated heterocycles. The van der Waals surface area contributed by atoms with Crippen molar-refractivity contribution in [2.75, 3.05) is 6.61 Å². The molecule has 0 unspecified atom stereocenters. The molecule has 0 radical (unpaired) electrons. The minimum Gasteiger partial charge on any atom is -0.402 e. The molecular formula is C4H9NO. The highest BCUT2D eigenvalue weighted by Crippen LogP contribution is 1.73. The van der Waals surface area contributed by atoms with Gasteiger partial charge in [0.2, 0.25) is 0 Å². The summed E-state index contributed by atoms with van der Waals surface area (Å²) >= 11 is 0. The Morgan fingerprint density at radius 3 is 2.50 bits per heavy atom. The first-order valence-electron chi connectivity index (χ1n) is 1.80. The van der Waals surface area contributed by atoms with Crippen molar-refractivity contribution in [3.8, 4) is 0 Å². The average molecular weight is 87.1 g/mol. The zero-order valence-corrected chi connectivity index (χ0v) is 3.81. The van der Waals surface area contributed by atoms with Crippen LogP contribution in [0.5, 0.6) is 0 Å². The molecule has 0 aliphatic rings. The lowest BCUT2D eigenvalue weighted by atomic mass is 10.5. The summed E-state index contributed by atoms with van der Waals surface area (Å²) in [5, 5.41) is 8.08. The molecule has 2 heteroatoms. The predicted molar refractivity (Wildman–Crippen MR) is 25.0 cm³/mol. The summed E-state index contributed by atoms with van der Waals surface area (Å²) in [5.74, 6) is 0. The Labute approximate surface area is 37.3 Å². The maximum atomic E-state index is 8.08. The van der Waals surface area contributed by atoms with E-state index >= 15 is 0 Å². The number of allylic oxidation sites excluding steroid dienone is 1. The van der Waals surface area contributed by atoms with Crippen molar-refractivity contribution < 1.29 is 5.11 Å². The van der Waals surface area contributed by atoms with Gasteiger partial charge in [-0.1, -0.05) is 0 Å². The topological polar surface area (TPSA) is 46.2 Å². The third-order valence-electron chi connectivity index (χ3n) is 0.413. The van der Waals surface area contributed by atoms with Crippen LogP contribution in [-0.4, -0.2) is 11.7 Å². The Balaban J connectivity index is 3.14. The molecule has 0 fully saturated rings. The highest BCUT2D eigenvalue weighted by Gasteiger charge is 1.68. The summed E-state index contributed by atoms with van der Waals surface area (Å²) in [6.45, 7) is 1.78. The molecule has 0 saturated carbocycles. The first-order valence-corrected chi connectivity index (χ1v) is 1.80. The van der Waals surface area contributed by atoms with E-state index in [1.54, 1.807) is 13.0 Å². The molecule has 0 aromatic heterocycles. The average Bonchev–Trinajstić information content (AvgIpc) is 1.35. The molecule has 2 nitrogen and oxygen atoms in total. The third-order valence-corrected chi connectivity index (χ3v) is 0.413. The minimum atomic E-state index is 0.0440. The lowest BCUT2D eigenvalue weighted by molar-refractivity contribution is 0.341. The van der Waals surface area contributed by atoms with Crippen LogP contribution in [0, 0.1) is 0 Å². The van der Waals surface area contributed by atoms with Crippen LogP contribution in [0.15, 0.2) is 11.8 Å². The standard InChI is InChI=1S/C4H9NO/c1-4(5)2-3-6/h2,6H,3,5H2,1H3/b4-2-. The van der Waals surface area contributed by atoms with E-state index in [1.165, 1.54) is 0 Å². The van der Waals surface area contributed by atoms with Crippen molar-refractivity contribution in [1.29, 1.82) is 0 Å². The summed E-state index contributed by atoms with van der Waals surface area (Å²) < 4.78 is 0. The molecule has 0 aromatic rings. The van der Waals surface area contributed by atoms with E-state index in [1.807, 2.05) is 0 Å². The van der Waals surface area contributed by atoms with Gasteiger partial charge in [-0.2, -0.15) is 0 Å². The van der Waals surface area contributed by atoms with Gasteiger partial charge in [-0.25, -0.2) is 0 Å². The first-order chi connectivity index (χ1) is 2.77. The highest BCUT2D eigenvalue weighted by atomic mass is 16.2. The maximum Gasteiger partial charge on any atom is 0.0631 e. The molecule has 0 heterocycles. The summed E-state index contributed by atoms with van der Waals surface area (Å²) in [7, 11) is 0. The number of hydrogen-bond acceptors (Lipinski definition) is 2. The Kier molecular flexibility index (Phi) is 2.50. The van der Waals surface area contributed by atoms with Crippen molar-refractivity contribution in [2.24, 2.45) is 5.73 Å². The van der Waals surface area contributed by atoms with E-state index in [0.717, 1.165) is 0 Å². The Morgan fingerprint density at radius 2 is 2.50 bits per heavy atom. The van der Waals surface area contributed by atoms with Crippen LogP contribution in [0.1, 0.15) is 6.92 Å². The van der Waals surface area contributed by atoms with Crippen molar-refractivity contribution in [3.63, 3.8) is 0 Å². The van der Waals surface area contributed by atoms with Crippen LogP contribution in [-0.2, 0) is 0 Å². The van der Waals surface area contributed by atoms with Gasteiger partial charge in [0.25, 0.3) is 0 Å². The van der Waals surface area contributed by atoms with Crippen LogP contribution in [0.4, 0.5) is 0 Å². The van der Waals surface area contributed by atoms with E-state index in [-0.39, 0.29) is 6.61 Å². The number of aliphatic hydroxyl groups excluding tert-OH is 1. The van der Waals surface area contributed by atoms with Gasteiger partial charge in [-0.15, -0.1) is 0 Å². The lowest BCUT2D eigenvalue weighted by Crippen LogP contribution is -1.90. The normalized spacial score (nSPS) is 12.0. The smallest absolute Gasteiger partial charge is 0.0631 e. The number of nitrogens with two attached hydrogens (primary N) is 1. The Hall–Kier alpha value is -0.500. The van der Waals surface area contributed by atoms with Crippen molar-refractivity contribution in [3.05, 3.63) is 11.8 Å². The number of rotatable bonds is 1. The van der Waals surface area contributed by atoms with Gasteiger partial charge in [0, 0.05) is 5.70 Å². The van der Waals surface area contributed by atoms with Gasteiger partial charge < -0.3 is 10.8 Å². The molecule has 0 spiro atoms. The SMILES string of the molecule is C/C(N)=C/CO. The highest BCUT2D eigenvalue weighted by molar-refractivity contribution is 4.90. The second-order valence-corrected chi connectivity index (χ2v) is 1.13. The molecule has 0 aromatic carbocycles. The number of hydrogen-bond donors (Lipinski definition) is 2. The van der Waals surface area contributed by atoms with Gasteiger partial charge in [0.1, 0.15) is 0 Å². The summed E-state index contributed by atoms with van der Waals surface area (Å²) in [6, 6.07) is 0. The molecule has 0 bridgehead atoms. The zero-order valence-electron chi connectivity index (χ0n) is 3.81. The van der Waals surface area contributed by atoms with Crippen molar-refractivity contribution in [2.45, 2.75) is 6.92 Å². The summed E-state index contributed by atoms with van der Waals surface area (Å²) in [4.78, 5) is 0. The Morgan fingerprint density at radius 1 is 2.00 bits per heavy atom.